The molecule has 7 heteroatoms. The molecule has 6 nitrogen and oxygen atoms in total. The maximum Gasteiger partial charge on any atom is 0.240 e. The van der Waals surface area contributed by atoms with E-state index >= 15 is 0 Å². The van der Waals surface area contributed by atoms with Crippen molar-refractivity contribution in [3.05, 3.63) is 18.2 Å². The summed E-state index contributed by atoms with van der Waals surface area (Å²) in [5.41, 5.74) is -0.0173. The van der Waals surface area contributed by atoms with Crippen LogP contribution in [0.25, 0.3) is 0 Å². The molecule has 1 aromatic rings. The lowest BCUT2D eigenvalue weighted by molar-refractivity contribution is -0.182. The molecule has 154 valence electrons. The minimum atomic E-state index is -3.62. The minimum Gasteiger partial charge on any atom is -0.486 e. The summed E-state index contributed by atoms with van der Waals surface area (Å²) in [7, 11) is -3.62. The van der Waals surface area contributed by atoms with Crippen molar-refractivity contribution in [2.75, 3.05) is 19.8 Å². The van der Waals surface area contributed by atoms with E-state index in [1.54, 1.807) is 12.1 Å². The second-order valence-corrected chi connectivity index (χ2v) is 11.0. The number of sulfonamides is 1. The summed E-state index contributed by atoms with van der Waals surface area (Å²) >= 11 is 0. The Kier molecular flexibility index (Phi) is 4.60. The van der Waals surface area contributed by atoms with Crippen molar-refractivity contribution in [3.8, 4) is 11.5 Å². The van der Waals surface area contributed by atoms with Gasteiger partial charge in [-0.25, -0.2) is 13.1 Å². The van der Waals surface area contributed by atoms with Crippen molar-refractivity contribution in [1.29, 1.82) is 0 Å². The van der Waals surface area contributed by atoms with Crippen molar-refractivity contribution in [1.82, 2.24) is 4.72 Å². The van der Waals surface area contributed by atoms with E-state index in [9.17, 15) is 8.42 Å². The molecule has 1 aromatic carbocycles. The van der Waals surface area contributed by atoms with E-state index in [1.165, 1.54) is 25.3 Å². The average molecular weight is 408 g/mol. The highest BCUT2D eigenvalue weighted by atomic mass is 32.2. The van der Waals surface area contributed by atoms with Crippen molar-refractivity contribution in [2.24, 2.45) is 17.8 Å². The molecule has 28 heavy (non-hydrogen) atoms. The zero-order chi connectivity index (χ0) is 19.4. The van der Waals surface area contributed by atoms with Gasteiger partial charge in [-0.1, -0.05) is 0 Å². The summed E-state index contributed by atoms with van der Waals surface area (Å²) in [6.45, 7) is 3.17. The molecule has 5 aliphatic rings. The van der Waals surface area contributed by atoms with Gasteiger partial charge in [0.05, 0.1) is 16.6 Å². The molecule has 6 rings (SSSR count). The van der Waals surface area contributed by atoms with Crippen LogP contribution >= 0.6 is 0 Å². The third kappa shape index (κ3) is 3.53. The Labute approximate surface area is 167 Å². The molecule has 1 heterocycles. The van der Waals surface area contributed by atoms with Gasteiger partial charge in [-0.3, -0.25) is 0 Å². The summed E-state index contributed by atoms with van der Waals surface area (Å²) in [4.78, 5) is 0.193. The van der Waals surface area contributed by atoms with Crippen LogP contribution in [0.5, 0.6) is 11.5 Å². The number of hydrogen-bond donors (Lipinski definition) is 1. The van der Waals surface area contributed by atoms with Gasteiger partial charge >= 0.3 is 0 Å². The van der Waals surface area contributed by atoms with Gasteiger partial charge in [-0.2, -0.15) is 0 Å². The predicted molar refractivity (Wildman–Crippen MR) is 104 cm³/mol. The first-order chi connectivity index (χ1) is 13.4. The van der Waals surface area contributed by atoms with Crippen LogP contribution < -0.4 is 14.2 Å². The molecule has 0 saturated heterocycles. The lowest BCUT2D eigenvalue weighted by Gasteiger charge is -2.57. The average Bonchev–Trinajstić information content (AvgIpc) is 2.64. The summed E-state index contributed by atoms with van der Waals surface area (Å²) < 4.78 is 45.6. The first-order valence-electron chi connectivity index (χ1n) is 10.5. The molecule has 1 unspecified atom stereocenters. The Hall–Kier alpha value is -1.31. The number of hydrogen-bond acceptors (Lipinski definition) is 5. The van der Waals surface area contributed by atoms with E-state index in [2.05, 4.69) is 4.72 Å². The van der Waals surface area contributed by atoms with E-state index < -0.39 is 10.0 Å². The van der Waals surface area contributed by atoms with E-state index in [0.29, 0.717) is 24.7 Å². The highest BCUT2D eigenvalue weighted by Crippen LogP contribution is 2.57. The second kappa shape index (κ2) is 6.89. The Morgan fingerprint density at radius 1 is 1.07 bits per heavy atom. The molecule has 0 radical (unpaired) electrons. The van der Waals surface area contributed by atoms with Gasteiger partial charge in [0.15, 0.2) is 11.5 Å². The van der Waals surface area contributed by atoms with Gasteiger partial charge in [-0.05, 0) is 75.3 Å². The third-order valence-corrected chi connectivity index (χ3v) is 8.24. The summed E-state index contributed by atoms with van der Waals surface area (Å²) in [6.07, 6.45) is 7.41. The van der Waals surface area contributed by atoms with Crippen LogP contribution in [0, 0.1) is 17.8 Å². The second-order valence-electron chi connectivity index (χ2n) is 9.19. The topological polar surface area (TPSA) is 73.9 Å². The molecule has 0 spiro atoms. The summed E-state index contributed by atoms with van der Waals surface area (Å²) in [5, 5.41) is 0. The molecular weight excluding hydrogens is 378 g/mol. The lowest BCUT2D eigenvalue weighted by Crippen LogP contribution is -2.53. The zero-order valence-corrected chi connectivity index (χ0v) is 17.2. The van der Waals surface area contributed by atoms with Crippen LogP contribution in [-0.2, 0) is 14.8 Å². The quantitative estimate of drug-likeness (QED) is 0.784. The number of nitrogens with one attached hydrogen (secondary N) is 1. The van der Waals surface area contributed by atoms with E-state index in [-0.39, 0.29) is 23.1 Å². The van der Waals surface area contributed by atoms with Crippen LogP contribution in [0.2, 0.25) is 0 Å². The fourth-order valence-corrected chi connectivity index (χ4v) is 7.28. The molecule has 0 amide bonds. The van der Waals surface area contributed by atoms with Crippen LogP contribution in [0.1, 0.15) is 45.4 Å². The standard InChI is InChI=1S/C21H29NO5S/c1-14(27-21-10-15-6-16(11-21)8-17(7-15)12-21)13-22-28(23,24)18-2-3-19-20(9-18)26-5-4-25-19/h2-3,9,14-17,22H,4-8,10-13H2,1H3. The Morgan fingerprint density at radius 2 is 1.68 bits per heavy atom. The highest BCUT2D eigenvalue weighted by Gasteiger charge is 2.52. The molecule has 0 aromatic heterocycles. The predicted octanol–water partition coefficient (Wildman–Crippen LogP) is 3.11. The summed E-state index contributed by atoms with van der Waals surface area (Å²) in [5.74, 6) is 3.50. The maximum absolute atomic E-state index is 12.7. The van der Waals surface area contributed by atoms with Crippen molar-refractivity contribution >= 4 is 10.0 Å². The Morgan fingerprint density at radius 3 is 2.32 bits per heavy atom. The fraction of sp³-hybridized carbons (Fsp3) is 0.714. The number of fused-ring (bicyclic) bond motifs is 1. The molecule has 4 bridgehead atoms. The zero-order valence-electron chi connectivity index (χ0n) is 16.4. The molecule has 4 fully saturated rings. The van der Waals surface area contributed by atoms with Crippen LogP contribution in [0.15, 0.2) is 23.1 Å². The van der Waals surface area contributed by atoms with Crippen LogP contribution in [0.3, 0.4) is 0 Å². The first kappa shape index (κ1) is 18.7. The van der Waals surface area contributed by atoms with Gasteiger partial charge in [0.25, 0.3) is 0 Å². The van der Waals surface area contributed by atoms with Crippen molar-refractivity contribution < 1.29 is 22.6 Å². The summed E-state index contributed by atoms with van der Waals surface area (Å²) in [6, 6.07) is 4.74. The van der Waals surface area contributed by atoms with Crippen molar-refractivity contribution in [3.63, 3.8) is 0 Å². The maximum atomic E-state index is 12.7. The van der Waals surface area contributed by atoms with Gasteiger partial charge in [0.2, 0.25) is 10.0 Å². The SMILES string of the molecule is CC(CNS(=O)(=O)c1ccc2c(c1)OCCO2)OC12CC3CC(CC(C3)C1)C2. The van der Waals surface area contributed by atoms with Crippen molar-refractivity contribution in [2.45, 2.75) is 62.0 Å². The van der Waals surface area contributed by atoms with Gasteiger partial charge in [-0.15, -0.1) is 0 Å². The molecule has 1 N–H and O–H groups in total. The smallest absolute Gasteiger partial charge is 0.240 e. The minimum absolute atomic E-state index is 0.0173. The lowest BCUT2D eigenvalue weighted by atomic mass is 9.54. The van der Waals surface area contributed by atoms with E-state index in [1.807, 2.05) is 6.92 Å². The number of ether oxygens (including phenoxy) is 3. The normalized spacial score (nSPS) is 34.4. The monoisotopic (exact) mass is 407 g/mol. The van der Waals surface area contributed by atoms with Gasteiger partial charge < -0.3 is 14.2 Å². The van der Waals surface area contributed by atoms with Crippen LogP contribution in [0.4, 0.5) is 0 Å². The van der Waals surface area contributed by atoms with Gasteiger partial charge in [0.1, 0.15) is 13.2 Å². The Balaban J connectivity index is 1.22. The fourth-order valence-electron chi connectivity index (χ4n) is 6.15. The molecular formula is C21H29NO5S. The Bertz CT molecular complexity index is 817. The van der Waals surface area contributed by atoms with Crippen LogP contribution in [-0.4, -0.2) is 39.9 Å². The number of benzene rings is 1. The molecule has 4 aliphatic carbocycles. The van der Waals surface area contributed by atoms with E-state index in [4.69, 9.17) is 14.2 Å². The first-order valence-corrected chi connectivity index (χ1v) is 12.0. The largest absolute Gasteiger partial charge is 0.486 e. The molecule has 1 aliphatic heterocycles. The molecule has 1 atom stereocenters. The van der Waals surface area contributed by atoms with Gasteiger partial charge in [0, 0.05) is 12.6 Å². The third-order valence-electron chi connectivity index (χ3n) is 6.82. The molecule has 4 saturated carbocycles. The highest BCUT2D eigenvalue weighted by molar-refractivity contribution is 7.89. The number of rotatable bonds is 6. The van der Waals surface area contributed by atoms with E-state index in [0.717, 1.165) is 37.0 Å².